The van der Waals surface area contributed by atoms with E-state index in [9.17, 15) is 9.59 Å². The molecule has 31 heavy (non-hydrogen) atoms. The van der Waals surface area contributed by atoms with E-state index in [0.717, 1.165) is 10.0 Å². The van der Waals surface area contributed by atoms with Crippen molar-refractivity contribution in [3.05, 3.63) is 94.0 Å². The van der Waals surface area contributed by atoms with E-state index in [1.807, 2.05) is 37.3 Å². The van der Waals surface area contributed by atoms with Gasteiger partial charge in [0, 0.05) is 4.47 Å². The zero-order chi connectivity index (χ0) is 22.1. The summed E-state index contributed by atoms with van der Waals surface area (Å²) < 4.78 is 12.0. The smallest absolute Gasteiger partial charge is 0.343 e. The second-order valence-electron chi connectivity index (χ2n) is 6.49. The molecule has 0 atom stereocenters. The summed E-state index contributed by atoms with van der Waals surface area (Å²) in [5.74, 6) is 0.0317. The second-order valence-corrected chi connectivity index (χ2v) is 7.41. The molecule has 1 N–H and O–H groups in total. The number of carbonyl (C=O) groups is 2. The number of esters is 1. The number of hydrazone groups is 1. The van der Waals surface area contributed by atoms with Crippen LogP contribution in [0.3, 0.4) is 0 Å². The molecule has 0 radical (unpaired) electrons. The Hall–Kier alpha value is -3.45. The Morgan fingerprint density at radius 3 is 2.45 bits per heavy atom. The Bertz CT molecular complexity index is 1070. The summed E-state index contributed by atoms with van der Waals surface area (Å²) in [5, 5.41) is 4.00. The lowest BCUT2D eigenvalue weighted by molar-refractivity contribution is -0.120. The van der Waals surface area contributed by atoms with Crippen molar-refractivity contribution in [2.75, 3.05) is 6.61 Å². The summed E-state index contributed by atoms with van der Waals surface area (Å²) in [7, 11) is 0. The first-order valence-electron chi connectivity index (χ1n) is 9.65. The highest BCUT2D eigenvalue weighted by atomic mass is 79.9. The molecule has 0 heterocycles. The number of amides is 1. The van der Waals surface area contributed by atoms with Crippen LogP contribution in [0.5, 0.6) is 11.5 Å². The molecule has 3 aromatic rings. The summed E-state index contributed by atoms with van der Waals surface area (Å²) in [6.07, 6.45) is 1.73. The number of nitrogens with one attached hydrogen (secondary N) is 1. The molecular formula is C24H21BrN2O4. The van der Waals surface area contributed by atoms with Crippen LogP contribution in [0, 0.1) is 0 Å². The predicted octanol–water partition coefficient (Wildman–Crippen LogP) is 4.76. The molecule has 1 amide bonds. The van der Waals surface area contributed by atoms with Crippen molar-refractivity contribution in [1.29, 1.82) is 0 Å². The van der Waals surface area contributed by atoms with Crippen molar-refractivity contribution < 1.29 is 19.1 Å². The third-order valence-electron chi connectivity index (χ3n) is 4.16. The maximum Gasteiger partial charge on any atom is 0.343 e. The average molecular weight is 481 g/mol. The van der Waals surface area contributed by atoms with Gasteiger partial charge < -0.3 is 9.47 Å². The largest absolute Gasteiger partial charge is 0.490 e. The first-order chi connectivity index (χ1) is 15.0. The average Bonchev–Trinajstić information content (AvgIpc) is 2.78. The van der Waals surface area contributed by atoms with Crippen molar-refractivity contribution in [2.24, 2.45) is 5.10 Å². The molecule has 0 bridgehead atoms. The molecular weight excluding hydrogens is 460 g/mol. The second kappa shape index (κ2) is 11.1. The Morgan fingerprint density at radius 1 is 1.00 bits per heavy atom. The molecule has 0 spiro atoms. The standard InChI is InChI=1S/C24H21BrN2O4/c1-2-30-22-14-18(10-13-21(22)31-24(29)19-6-4-3-5-7-19)16-26-27-23(28)15-17-8-11-20(25)12-9-17/h3-14,16H,2,15H2,1H3,(H,27,28)/b26-16+. The van der Waals surface area contributed by atoms with Gasteiger partial charge in [-0.15, -0.1) is 0 Å². The molecule has 0 unspecified atom stereocenters. The number of rotatable bonds is 8. The van der Waals surface area contributed by atoms with Crippen LogP contribution in [0.15, 0.2) is 82.4 Å². The summed E-state index contributed by atoms with van der Waals surface area (Å²) >= 11 is 3.36. The normalized spacial score (nSPS) is 10.6. The number of hydrogen-bond acceptors (Lipinski definition) is 5. The van der Waals surface area contributed by atoms with Gasteiger partial charge in [0.15, 0.2) is 11.5 Å². The van der Waals surface area contributed by atoms with Crippen molar-refractivity contribution in [1.82, 2.24) is 5.43 Å². The molecule has 3 aromatic carbocycles. The number of ether oxygens (including phenoxy) is 2. The molecule has 0 aliphatic heterocycles. The highest BCUT2D eigenvalue weighted by molar-refractivity contribution is 9.10. The van der Waals surface area contributed by atoms with Gasteiger partial charge in [0.25, 0.3) is 0 Å². The van der Waals surface area contributed by atoms with Crippen molar-refractivity contribution in [3.8, 4) is 11.5 Å². The fourth-order valence-corrected chi connectivity index (χ4v) is 2.96. The molecule has 158 valence electrons. The minimum absolute atomic E-state index is 0.225. The van der Waals surface area contributed by atoms with Crippen LogP contribution in [0.1, 0.15) is 28.4 Å². The van der Waals surface area contributed by atoms with Gasteiger partial charge in [-0.3, -0.25) is 4.79 Å². The number of nitrogens with zero attached hydrogens (tertiary/aromatic N) is 1. The van der Waals surface area contributed by atoms with Crippen LogP contribution in [0.4, 0.5) is 0 Å². The fraction of sp³-hybridized carbons (Fsp3) is 0.125. The lowest BCUT2D eigenvalue weighted by Crippen LogP contribution is -2.19. The number of halogens is 1. The van der Waals surface area contributed by atoms with Gasteiger partial charge in [-0.2, -0.15) is 5.10 Å². The van der Waals surface area contributed by atoms with Gasteiger partial charge >= 0.3 is 5.97 Å². The molecule has 0 aliphatic carbocycles. The summed E-state index contributed by atoms with van der Waals surface area (Å²) in [6.45, 7) is 2.24. The monoisotopic (exact) mass is 480 g/mol. The van der Waals surface area contributed by atoms with Gasteiger partial charge in [-0.1, -0.05) is 46.3 Å². The lowest BCUT2D eigenvalue weighted by atomic mass is 10.1. The zero-order valence-electron chi connectivity index (χ0n) is 16.9. The maximum atomic E-state index is 12.3. The Balaban J connectivity index is 1.63. The fourth-order valence-electron chi connectivity index (χ4n) is 2.70. The van der Waals surface area contributed by atoms with E-state index < -0.39 is 5.97 Å². The number of hydrogen-bond donors (Lipinski definition) is 1. The summed E-state index contributed by atoms with van der Waals surface area (Å²) in [6, 6.07) is 21.3. The van der Waals surface area contributed by atoms with Gasteiger partial charge in [0.05, 0.1) is 24.8 Å². The predicted molar refractivity (Wildman–Crippen MR) is 123 cm³/mol. The molecule has 6 nitrogen and oxygen atoms in total. The van der Waals surface area contributed by atoms with Crippen molar-refractivity contribution in [3.63, 3.8) is 0 Å². The van der Waals surface area contributed by atoms with Crippen molar-refractivity contribution in [2.45, 2.75) is 13.3 Å². The molecule has 0 fully saturated rings. The first kappa shape index (κ1) is 22.2. The quantitative estimate of drug-likeness (QED) is 0.218. The van der Waals surface area contributed by atoms with Crippen LogP contribution in [0.25, 0.3) is 0 Å². The summed E-state index contributed by atoms with van der Waals surface area (Å²) in [4.78, 5) is 24.4. The highest BCUT2D eigenvalue weighted by Crippen LogP contribution is 2.29. The number of benzene rings is 3. The van der Waals surface area contributed by atoms with E-state index in [2.05, 4.69) is 26.5 Å². The molecule has 0 saturated carbocycles. The molecule has 0 aliphatic rings. The van der Waals surface area contributed by atoms with Gasteiger partial charge in [-0.05, 0) is 60.5 Å². The first-order valence-corrected chi connectivity index (χ1v) is 10.4. The minimum Gasteiger partial charge on any atom is -0.490 e. The Labute approximate surface area is 189 Å². The Kier molecular flexibility index (Phi) is 7.95. The van der Waals surface area contributed by atoms with E-state index in [0.29, 0.717) is 29.2 Å². The molecule has 0 aromatic heterocycles. The molecule has 3 rings (SSSR count). The van der Waals surface area contributed by atoms with Crippen LogP contribution >= 0.6 is 15.9 Å². The Morgan fingerprint density at radius 2 is 1.74 bits per heavy atom. The number of carbonyl (C=O) groups excluding carboxylic acids is 2. The minimum atomic E-state index is -0.469. The van der Waals surface area contributed by atoms with Crippen LogP contribution < -0.4 is 14.9 Å². The lowest BCUT2D eigenvalue weighted by Gasteiger charge is -2.11. The van der Waals surface area contributed by atoms with Gasteiger partial charge in [0.2, 0.25) is 5.91 Å². The van der Waals surface area contributed by atoms with E-state index >= 15 is 0 Å². The molecule has 7 heteroatoms. The van der Waals surface area contributed by atoms with E-state index in [1.54, 1.807) is 42.5 Å². The van der Waals surface area contributed by atoms with E-state index in [-0.39, 0.29) is 12.3 Å². The van der Waals surface area contributed by atoms with Gasteiger partial charge in [0.1, 0.15) is 0 Å². The highest BCUT2D eigenvalue weighted by Gasteiger charge is 2.13. The van der Waals surface area contributed by atoms with Crippen molar-refractivity contribution >= 4 is 34.0 Å². The summed E-state index contributed by atoms with van der Waals surface area (Å²) in [5.41, 5.74) is 4.53. The maximum absolute atomic E-state index is 12.3. The zero-order valence-corrected chi connectivity index (χ0v) is 18.5. The SMILES string of the molecule is CCOc1cc(/C=N/NC(=O)Cc2ccc(Br)cc2)ccc1OC(=O)c1ccccc1. The third kappa shape index (κ3) is 6.79. The van der Waals surface area contributed by atoms with Crippen LogP contribution in [0.2, 0.25) is 0 Å². The van der Waals surface area contributed by atoms with E-state index in [1.165, 1.54) is 6.21 Å². The van der Waals surface area contributed by atoms with E-state index in [4.69, 9.17) is 9.47 Å². The van der Waals surface area contributed by atoms with Crippen LogP contribution in [-0.2, 0) is 11.2 Å². The third-order valence-corrected chi connectivity index (χ3v) is 4.69. The molecule has 0 saturated heterocycles. The van der Waals surface area contributed by atoms with Crippen LogP contribution in [-0.4, -0.2) is 24.7 Å². The van der Waals surface area contributed by atoms with Gasteiger partial charge in [-0.25, -0.2) is 10.2 Å². The topological polar surface area (TPSA) is 77.0 Å².